The zero-order valence-electron chi connectivity index (χ0n) is 18.1. The molecular formula is C24H28N4O3. The Kier molecular flexibility index (Phi) is 7.88. The Morgan fingerprint density at radius 2 is 1.90 bits per heavy atom. The quantitative estimate of drug-likeness (QED) is 0.610. The molecule has 1 aromatic carbocycles. The van der Waals surface area contributed by atoms with Crippen LogP contribution in [0.5, 0.6) is 0 Å². The number of nitrogens with zero attached hydrogens (tertiary/aromatic N) is 4. The number of hydrogen-bond donors (Lipinski definition) is 0. The molecular weight excluding hydrogens is 392 g/mol. The Bertz CT molecular complexity index is 927. The van der Waals surface area contributed by atoms with Crippen molar-refractivity contribution in [2.24, 2.45) is 0 Å². The number of ketones is 1. The number of Topliss-reactive ketones (excluding diaryl/α,β-unsaturated/α-hetero) is 1. The molecule has 1 aliphatic heterocycles. The van der Waals surface area contributed by atoms with E-state index in [4.69, 9.17) is 10.00 Å². The van der Waals surface area contributed by atoms with Crippen molar-refractivity contribution in [2.45, 2.75) is 31.9 Å². The number of likely N-dealkylation sites (N-methyl/N-ethyl adjacent to an activating group) is 1. The zero-order chi connectivity index (χ0) is 22.2. The van der Waals surface area contributed by atoms with Crippen LogP contribution >= 0.6 is 0 Å². The molecule has 2 aromatic rings. The third kappa shape index (κ3) is 6.20. The molecule has 0 unspecified atom stereocenters. The van der Waals surface area contributed by atoms with Gasteiger partial charge in [0.2, 0.25) is 5.91 Å². The third-order valence-corrected chi connectivity index (χ3v) is 5.73. The van der Waals surface area contributed by atoms with Crippen molar-refractivity contribution in [3.63, 3.8) is 0 Å². The molecule has 0 saturated carbocycles. The van der Waals surface area contributed by atoms with Crippen LogP contribution in [0.15, 0.2) is 42.6 Å². The fourth-order valence-electron chi connectivity index (χ4n) is 3.79. The van der Waals surface area contributed by atoms with Crippen LogP contribution in [-0.4, -0.2) is 66.3 Å². The van der Waals surface area contributed by atoms with Crippen LogP contribution in [0.2, 0.25) is 0 Å². The van der Waals surface area contributed by atoms with Crippen molar-refractivity contribution < 1.29 is 14.3 Å². The maximum absolute atomic E-state index is 12.7. The summed E-state index contributed by atoms with van der Waals surface area (Å²) >= 11 is 0. The first-order valence-electron chi connectivity index (χ1n) is 10.4. The van der Waals surface area contributed by atoms with Gasteiger partial charge in [0.25, 0.3) is 0 Å². The third-order valence-electron chi connectivity index (χ3n) is 5.73. The van der Waals surface area contributed by atoms with Crippen LogP contribution in [0.4, 0.5) is 0 Å². The van der Waals surface area contributed by atoms with E-state index in [0.717, 1.165) is 37.2 Å². The summed E-state index contributed by atoms with van der Waals surface area (Å²) in [4.78, 5) is 33.5. The van der Waals surface area contributed by atoms with Crippen molar-refractivity contribution in [2.75, 3.05) is 33.8 Å². The van der Waals surface area contributed by atoms with E-state index in [9.17, 15) is 9.59 Å². The number of piperidine rings is 1. The van der Waals surface area contributed by atoms with E-state index >= 15 is 0 Å². The van der Waals surface area contributed by atoms with Gasteiger partial charge in [-0.05, 0) is 36.6 Å². The Morgan fingerprint density at radius 3 is 2.48 bits per heavy atom. The second kappa shape index (κ2) is 10.8. The zero-order valence-corrected chi connectivity index (χ0v) is 18.1. The summed E-state index contributed by atoms with van der Waals surface area (Å²) in [6, 6.07) is 12.8. The summed E-state index contributed by atoms with van der Waals surface area (Å²) < 4.78 is 5.06. The molecule has 0 spiro atoms. The summed E-state index contributed by atoms with van der Waals surface area (Å²) in [5, 5.41) is 8.87. The number of methoxy groups -OCH3 is 1. The van der Waals surface area contributed by atoms with Gasteiger partial charge in [-0.3, -0.25) is 19.5 Å². The number of amides is 1. The molecule has 2 heterocycles. The molecule has 7 heteroatoms. The highest BCUT2D eigenvalue weighted by Gasteiger charge is 2.26. The second-order valence-electron chi connectivity index (χ2n) is 7.89. The highest BCUT2D eigenvalue weighted by Crippen LogP contribution is 2.17. The van der Waals surface area contributed by atoms with Crippen molar-refractivity contribution in [3.8, 4) is 6.07 Å². The van der Waals surface area contributed by atoms with Gasteiger partial charge in [-0.25, -0.2) is 0 Å². The summed E-state index contributed by atoms with van der Waals surface area (Å²) in [6.45, 7) is 2.37. The molecule has 1 aromatic heterocycles. The van der Waals surface area contributed by atoms with Crippen molar-refractivity contribution in [1.82, 2.24) is 14.8 Å². The Balaban J connectivity index is 1.46. The lowest BCUT2D eigenvalue weighted by molar-refractivity contribution is -0.132. The van der Waals surface area contributed by atoms with Gasteiger partial charge >= 0.3 is 0 Å². The van der Waals surface area contributed by atoms with Crippen molar-refractivity contribution in [1.29, 1.82) is 5.26 Å². The van der Waals surface area contributed by atoms with E-state index in [0.29, 0.717) is 30.7 Å². The SMILES string of the molecule is COCc1ccc(CC(=O)N(C)C2CCN(CC(=O)c3ccc(C#N)cc3)CC2)cn1. The highest BCUT2D eigenvalue weighted by molar-refractivity contribution is 5.97. The van der Waals surface area contributed by atoms with E-state index < -0.39 is 0 Å². The topological polar surface area (TPSA) is 86.5 Å². The minimum atomic E-state index is 0.0526. The first-order valence-corrected chi connectivity index (χ1v) is 10.4. The van der Waals surface area contributed by atoms with E-state index in [-0.39, 0.29) is 17.7 Å². The smallest absolute Gasteiger partial charge is 0.227 e. The first-order chi connectivity index (χ1) is 15.0. The lowest BCUT2D eigenvalue weighted by atomic mass is 10.0. The van der Waals surface area contributed by atoms with Gasteiger partial charge in [-0.2, -0.15) is 5.26 Å². The average molecular weight is 421 g/mol. The molecule has 1 amide bonds. The van der Waals surface area contributed by atoms with Gasteiger partial charge in [0.15, 0.2) is 5.78 Å². The van der Waals surface area contributed by atoms with E-state index in [2.05, 4.69) is 16.0 Å². The van der Waals surface area contributed by atoms with Crippen LogP contribution in [0.1, 0.15) is 40.0 Å². The Hall–Kier alpha value is -3.08. The molecule has 0 radical (unpaired) electrons. The van der Waals surface area contributed by atoms with Gasteiger partial charge < -0.3 is 9.64 Å². The normalized spacial score (nSPS) is 14.7. The molecule has 162 valence electrons. The largest absolute Gasteiger partial charge is 0.378 e. The first kappa shape index (κ1) is 22.6. The van der Waals surface area contributed by atoms with E-state index in [1.807, 2.05) is 24.1 Å². The maximum Gasteiger partial charge on any atom is 0.227 e. The number of benzene rings is 1. The van der Waals surface area contributed by atoms with Crippen LogP contribution < -0.4 is 0 Å². The minimum absolute atomic E-state index is 0.0526. The van der Waals surface area contributed by atoms with Gasteiger partial charge in [0, 0.05) is 45.0 Å². The van der Waals surface area contributed by atoms with Gasteiger partial charge in [0.05, 0.1) is 36.9 Å². The number of hydrogen-bond acceptors (Lipinski definition) is 6. The number of rotatable bonds is 8. The highest BCUT2D eigenvalue weighted by atomic mass is 16.5. The van der Waals surface area contributed by atoms with Crippen LogP contribution in [0.25, 0.3) is 0 Å². The van der Waals surface area contributed by atoms with E-state index in [1.54, 1.807) is 37.6 Å². The Labute approximate surface area is 183 Å². The monoisotopic (exact) mass is 420 g/mol. The molecule has 0 N–H and O–H groups in total. The fraction of sp³-hybridized carbons (Fsp3) is 0.417. The second-order valence-corrected chi connectivity index (χ2v) is 7.89. The number of pyridine rings is 1. The van der Waals surface area contributed by atoms with Gasteiger partial charge in [-0.1, -0.05) is 18.2 Å². The molecule has 3 rings (SSSR count). The summed E-state index contributed by atoms with van der Waals surface area (Å²) in [5.74, 6) is 0.130. The molecule has 31 heavy (non-hydrogen) atoms. The lowest BCUT2D eigenvalue weighted by Gasteiger charge is -2.36. The summed E-state index contributed by atoms with van der Waals surface area (Å²) in [5.41, 5.74) is 2.91. The number of carbonyl (C=O) groups excluding carboxylic acids is 2. The van der Waals surface area contributed by atoms with Crippen LogP contribution in [0.3, 0.4) is 0 Å². The predicted molar refractivity (Wildman–Crippen MR) is 116 cm³/mol. The standard InChI is InChI=1S/C24H28N4O3/c1-27(24(30)13-19-5-8-21(17-31-2)26-15-19)22-9-11-28(12-10-22)16-23(29)20-6-3-18(14-25)4-7-20/h3-8,15,22H,9-13,16-17H2,1-2H3. The number of ether oxygens (including phenoxy) is 1. The maximum atomic E-state index is 12.7. The number of carbonyl (C=O) groups is 2. The molecule has 7 nitrogen and oxygen atoms in total. The molecule has 1 fully saturated rings. The Morgan fingerprint density at radius 1 is 1.19 bits per heavy atom. The number of nitriles is 1. The number of likely N-dealkylation sites (tertiary alicyclic amines) is 1. The van der Waals surface area contributed by atoms with Crippen LogP contribution in [0, 0.1) is 11.3 Å². The van der Waals surface area contributed by atoms with Gasteiger partial charge in [-0.15, -0.1) is 0 Å². The fourth-order valence-corrected chi connectivity index (χ4v) is 3.79. The van der Waals surface area contributed by atoms with Gasteiger partial charge in [0.1, 0.15) is 0 Å². The summed E-state index contributed by atoms with van der Waals surface area (Å²) in [7, 11) is 3.49. The lowest BCUT2D eigenvalue weighted by Crippen LogP contribution is -2.47. The molecule has 0 atom stereocenters. The molecule has 0 bridgehead atoms. The molecule has 0 aliphatic carbocycles. The molecule has 1 aliphatic rings. The number of aromatic nitrogens is 1. The van der Waals surface area contributed by atoms with Crippen molar-refractivity contribution in [3.05, 3.63) is 65.0 Å². The average Bonchev–Trinajstić information content (AvgIpc) is 2.80. The minimum Gasteiger partial charge on any atom is -0.378 e. The molecule has 1 saturated heterocycles. The van der Waals surface area contributed by atoms with Crippen molar-refractivity contribution >= 4 is 11.7 Å². The predicted octanol–water partition coefficient (Wildman–Crippen LogP) is 2.45. The van der Waals surface area contributed by atoms with E-state index in [1.165, 1.54) is 0 Å². The summed E-state index contributed by atoms with van der Waals surface area (Å²) in [6.07, 6.45) is 3.74. The van der Waals surface area contributed by atoms with Crippen LogP contribution in [-0.2, 0) is 22.6 Å².